The molecule has 0 radical (unpaired) electrons. The Labute approximate surface area is 151 Å². The van der Waals surface area contributed by atoms with Crippen molar-refractivity contribution >= 4 is 17.5 Å². The Kier molecular flexibility index (Phi) is 5.54. The Hall–Kier alpha value is -3.27. The summed E-state index contributed by atoms with van der Waals surface area (Å²) in [4.78, 5) is 28.0. The first-order valence-electron chi connectivity index (χ1n) is 8.52. The van der Waals surface area contributed by atoms with Crippen LogP contribution in [0.15, 0.2) is 47.1 Å². The Morgan fingerprint density at radius 1 is 1.08 bits per heavy atom. The van der Waals surface area contributed by atoms with Crippen LogP contribution in [0.1, 0.15) is 22.5 Å². The third-order valence-electron chi connectivity index (χ3n) is 4.35. The van der Waals surface area contributed by atoms with E-state index in [9.17, 15) is 9.59 Å². The molecule has 1 aliphatic heterocycles. The summed E-state index contributed by atoms with van der Waals surface area (Å²) in [6.45, 7) is 2.48. The molecule has 3 rings (SSSR count). The minimum atomic E-state index is -0.142. The van der Waals surface area contributed by atoms with Gasteiger partial charge in [-0.05, 0) is 24.3 Å². The molecule has 2 aromatic rings. The summed E-state index contributed by atoms with van der Waals surface area (Å²) in [6.07, 6.45) is 1.82. The highest BCUT2D eigenvalue weighted by Crippen LogP contribution is 2.14. The van der Waals surface area contributed by atoms with Gasteiger partial charge < -0.3 is 19.5 Å². The van der Waals surface area contributed by atoms with Gasteiger partial charge in [0.05, 0.1) is 17.5 Å². The lowest BCUT2D eigenvalue weighted by Crippen LogP contribution is -2.50. The van der Waals surface area contributed by atoms with Gasteiger partial charge in [0.1, 0.15) is 6.07 Å². The van der Waals surface area contributed by atoms with E-state index in [1.165, 1.54) is 6.26 Å². The van der Waals surface area contributed by atoms with E-state index in [0.29, 0.717) is 50.5 Å². The van der Waals surface area contributed by atoms with Gasteiger partial charge in [0.2, 0.25) is 5.91 Å². The number of nitrogens with zero attached hydrogens (tertiary/aromatic N) is 3. The van der Waals surface area contributed by atoms with E-state index < -0.39 is 0 Å². The van der Waals surface area contributed by atoms with Gasteiger partial charge in [-0.1, -0.05) is 12.1 Å². The van der Waals surface area contributed by atoms with E-state index in [4.69, 9.17) is 9.68 Å². The minimum absolute atomic E-state index is 0.0389. The second kappa shape index (κ2) is 8.21. The van der Waals surface area contributed by atoms with Crippen LogP contribution in [-0.4, -0.2) is 54.3 Å². The first-order chi connectivity index (χ1) is 12.7. The lowest BCUT2D eigenvalue weighted by molar-refractivity contribution is -0.132. The van der Waals surface area contributed by atoms with Crippen molar-refractivity contribution in [3.63, 3.8) is 0 Å². The SMILES string of the molecule is N#Cc1ccccc1NCCC(=O)N1CCN(C(=O)c2ccco2)CC1. The molecule has 134 valence electrons. The van der Waals surface area contributed by atoms with E-state index in [-0.39, 0.29) is 11.8 Å². The number of rotatable bonds is 5. The molecule has 0 spiro atoms. The molecule has 1 fully saturated rings. The molecule has 1 N–H and O–H groups in total. The number of para-hydroxylation sites is 1. The number of amides is 2. The van der Waals surface area contributed by atoms with Crippen LogP contribution in [0.2, 0.25) is 0 Å². The Balaban J connectivity index is 1.44. The number of nitrogens with one attached hydrogen (secondary N) is 1. The molecule has 0 aliphatic carbocycles. The van der Waals surface area contributed by atoms with Crippen molar-refractivity contribution in [1.82, 2.24) is 9.80 Å². The highest BCUT2D eigenvalue weighted by Gasteiger charge is 2.25. The molecule has 0 saturated carbocycles. The van der Waals surface area contributed by atoms with Crippen molar-refractivity contribution in [1.29, 1.82) is 5.26 Å². The predicted molar refractivity (Wildman–Crippen MR) is 95.5 cm³/mol. The normalized spacial score (nSPS) is 14.0. The Morgan fingerprint density at radius 3 is 2.50 bits per heavy atom. The molecule has 26 heavy (non-hydrogen) atoms. The molecular formula is C19H20N4O3. The molecule has 1 aliphatic rings. The van der Waals surface area contributed by atoms with Crippen LogP contribution in [0.4, 0.5) is 5.69 Å². The zero-order valence-electron chi connectivity index (χ0n) is 14.4. The topological polar surface area (TPSA) is 89.6 Å². The van der Waals surface area contributed by atoms with E-state index in [2.05, 4.69) is 11.4 Å². The van der Waals surface area contributed by atoms with Gasteiger partial charge in [-0.25, -0.2) is 0 Å². The summed E-state index contributed by atoms with van der Waals surface area (Å²) in [6, 6.07) is 12.7. The Morgan fingerprint density at radius 2 is 1.81 bits per heavy atom. The summed E-state index contributed by atoms with van der Waals surface area (Å²) < 4.78 is 5.13. The molecule has 0 unspecified atom stereocenters. The fourth-order valence-corrected chi connectivity index (χ4v) is 2.91. The summed E-state index contributed by atoms with van der Waals surface area (Å²) in [7, 11) is 0. The highest BCUT2D eigenvalue weighted by atomic mass is 16.3. The molecule has 2 heterocycles. The van der Waals surface area contributed by atoms with Crippen LogP contribution in [-0.2, 0) is 4.79 Å². The standard InChI is InChI=1S/C19H20N4O3/c20-14-15-4-1-2-5-16(15)21-8-7-18(24)22-9-11-23(12-10-22)19(25)17-6-3-13-26-17/h1-6,13,21H,7-12H2. The third-order valence-corrected chi connectivity index (χ3v) is 4.35. The maximum atomic E-state index is 12.3. The summed E-state index contributed by atoms with van der Waals surface area (Å²) >= 11 is 0. The largest absolute Gasteiger partial charge is 0.459 e. The quantitative estimate of drug-likeness (QED) is 0.888. The van der Waals surface area contributed by atoms with Crippen molar-refractivity contribution in [2.24, 2.45) is 0 Å². The van der Waals surface area contributed by atoms with Crippen LogP contribution in [0.5, 0.6) is 0 Å². The van der Waals surface area contributed by atoms with E-state index in [1.54, 1.807) is 34.1 Å². The number of nitriles is 1. The number of piperazine rings is 1. The highest BCUT2D eigenvalue weighted by molar-refractivity contribution is 5.91. The monoisotopic (exact) mass is 352 g/mol. The molecule has 1 saturated heterocycles. The van der Waals surface area contributed by atoms with E-state index >= 15 is 0 Å². The second-order valence-corrected chi connectivity index (χ2v) is 5.98. The first-order valence-corrected chi connectivity index (χ1v) is 8.52. The zero-order chi connectivity index (χ0) is 18.4. The van der Waals surface area contributed by atoms with Gasteiger partial charge >= 0.3 is 0 Å². The lowest BCUT2D eigenvalue weighted by Gasteiger charge is -2.34. The average Bonchev–Trinajstić information content (AvgIpc) is 3.22. The number of carbonyl (C=O) groups excluding carboxylic acids is 2. The third kappa shape index (κ3) is 4.03. The van der Waals surface area contributed by atoms with Crippen LogP contribution >= 0.6 is 0 Å². The van der Waals surface area contributed by atoms with Crippen molar-refractivity contribution < 1.29 is 14.0 Å². The van der Waals surface area contributed by atoms with Crippen LogP contribution in [0.3, 0.4) is 0 Å². The van der Waals surface area contributed by atoms with E-state index in [1.807, 2.05) is 12.1 Å². The van der Waals surface area contributed by atoms with Gasteiger partial charge in [-0.3, -0.25) is 9.59 Å². The average molecular weight is 352 g/mol. The van der Waals surface area contributed by atoms with Crippen LogP contribution < -0.4 is 5.32 Å². The number of hydrogen-bond acceptors (Lipinski definition) is 5. The van der Waals surface area contributed by atoms with Crippen LogP contribution in [0.25, 0.3) is 0 Å². The molecule has 0 bridgehead atoms. The number of carbonyl (C=O) groups is 2. The fraction of sp³-hybridized carbons (Fsp3) is 0.316. The van der Waals surface area contributed by atoms with Crippen LogP contribution in [0, 0.1) is 11.3 Å². The lowest BCUT2D eigenvalue weighted by atomic mass is 10.2. The molecule has 7 nitrogen and oxygen atoms in total. The Bertz CT molecular complexity index is 802. The number of furan rings is 1. The van der Waals surface area contributed by atoms with Gasteiger partial charge in [0.25, 0.3) is 5.91 Å². The van der Waals surface area contributed by atoms with Gasteiger partial charge in [0, 0.05) is 39.1 Å². The molecular weight excluding hydrogens is 332 g/mol. The van der Waals surface area contributed by atoms with Crippen molar-refractivity contribution in [3.05, 3.63) is 54.0 Å². The smallest absolute Gasteiger partial charge is 0.289 e. The van der Waals surface area contributed by atoms with Crippen molar-refractivity contribution in [2.45, 2.75) is 6.42 Å². The van der Waals surface area contributed by atoms with Gasteiger partial charge in [0.15, 0.2) is 5.76 Å². The number of hydrogen-bond donors (Lipinski definition) is 1. The molecule has 2 amide bonds. The number of benzene rings is 1. The van der Waals surface area contributed by atoms with E-state index in [0.717, 1.165) is 5.69 Å². The summed E-state index contributed by atoms with van der Waals surface area (Å²) in [5.74, 6) is 0.221. The molecule has 1 aromatic heterocycles. The second-order valence-electron chi connectivity index (χ2n) is 5.98. The van der Waals surface area contributed by atoms with Crippen molar-refractivity contribution in [2.75, 3.05) is 38.0 Å². The van der Waals surface area contributed by atoms with Gasteiger partial charge in [-0.2, -0.15) is 5.26 Å². The minimum Gasteiger partial charge on any atom is -0.459 e. The molecule has 0 atom stereocenters. The zero-order valence-corrected chi connectivity index (χ0v) is 14.4. The number of anilines is 1. The molecule has 7 heteroatoms. The first kappa shape index (κ1) is 17.5. The maximum absolute atomic E-state index is 12.3. The maximum Gasteiger partial charge on any atom is 0.289 e. The predicted octanol–water partition coefficient (Wildman–Crippen LogP) is 1.94. The molecule has 1 aromatic carbocycles. The fourth-order valence-electron chi connectivity index (χ4n) is 2.91. The van der Waals surface area contributed by atoms with Gasteiger partial charge in [-0.15, -0.1) is 0 Å². The summed E-state index contributed by atoms with van der Waals surface area (Å²) in [5.41, 5.74) is 1.29. The summed E-state index contributed by atoms with van der Waals surface area (Å²) in [5, 5.41) is 12.2. The van der Waals surface area contributed by atoms with Crippen molar-refractivity contribution in [3.8, 4) is 6.07 Å².